The average molecular weight is 342 g/mol. The number of halogens is 1. The van der Waals surface area contributed by atoms with Crippen LogP contribution in [-0.2, 0) is 13.8 Å². The van der Waals surface area contributed by atoms with Crippen LogP contribution in [-0.4, -0.2) is 36.6 Å². The lowest BCUT2D eigenvalue weighted by Gasteiger charge is -2.14. The molecular formula is C13H12ClN3O4S. The molecule has 1 unspecified atom stereocenters. The molecule has 0 spiro atoms. The maximum atomic E-state index is 12.1. The van der Waals surface area contributed by atoms with E-state index in [-0.39, 0.29) is 36.5 Å². The van der Waals surface area contributed by atoms with Crippen molar-refractivity contribution in [3.05, 3.63) is 30.7 Å². The van der Waals surface area contributed by atoms with Crippen LogP contribution in [0, 0.1) is 5.92 Å². The topological polar surface area (TPSA) is 93.4 Å². The van der Waals surface area contributed by atoms with E-state index in [0.717, 1.165) is 0 Å². The molecule has 0 bridgehead atoms. The van der Waals surface area contributed by atoms with E-state index >= 15 is 0 Å². The molecule has 2 aromatic heterocycles. The van der Waals surface area contributed by atoms with Crippen LogP contribution in [0.1, 0.15) is 6.42 Å². The zero-order valence-corrected chi connectivity index (χ0v) is 12.9. The third-order valence-electron chi connectivity index (χ3n) is 3.30. The molecule has 2 aromatic rings. The first kappa shape index (κ1) is 15.0. The van der Waals surface area contributed by atoms with Gasteiger partial charge in [-0.15, -0.1) is 0 Å². The Hall–Kier alpha value is -1.93. The number of rotatable bonds is 4. The SMILES string of the molecule is O=C1CC(CS(=O)(=O)Cl)CN1c1nccc(-c2ccco2)n1. The summed E-state index contributed by atoms with van der Waals surface area (Å²) in [5.74, 6) is -0.0226. The maximum Gasteiger partial charge on any atom is 0.232 e. The number of hydrogen-bond donors (Lipinski definition) is 0. The fraction of sp³-hybridized carbons (Fsp3) is 0.308. The van der Waals surface area contributed by atoms with Gasteiger partial charge < -0.3 is 4.42 Å². The second-order valence-corrected chi connectivity index (χ2v) is 7.82. The highest BCUT2D eigenvalue weighted by Crippen LogP contribution is 2.26. The molecule has 1 amide bonds. The third-order valence-corrected chi connectivity index (χ3v) is 4.55. The maximum absolute atomic E-state index is 12.1. The molecule has 1 aliphatic heterocycles. The molecule has 7 nitrogen and oxygen atoms in total. The zero-order valence-electron chi connectivity index (χ0n) is 11.3. The van der Waals surface area contributed by atoms with Crippen LogP contribution in [0.5, 0.6) is 0 Å². The number of nitrogens with zero attached hydrogens (tertiary/aromatic N) is 3. The molecule has 0 aliphatic carbocycles. The van der Waals surface area contributed by atoms with Gasteiger partial charge in [-0.1, -0.05) is 0 Å². The van der Waals surface area contributed by atoms with Gasteiger partial charge in [0.2, 0.25) is 20.9 Å². The second-order valence-electron chi connectivity index (χ2n) is 5.00. The van der Waals surface area contributed by atoms with E-state index in [9.17, 15) is 13.2 Å². The van der Waals surface area contributed by atoms with Gasteiger partial charge in [0.25, 0.3) is 0 Å². The minimum Gasteiger partial charge on any atom is -0.463 e. The van der Waals surface area contributed by atoms with Crippen molar-refractivity contribution in [2.45, 2.75) is 6.42 Å². The largest absolute Gasteiger partial charge is 0.463 e. The summed E-state index contributed by atoms with van der Waals surface area (Å²) < 4.78 is 27.5. The van der Waals surface area contributed by atoms with Crippen molar-refractivity contribution in [1.82, 2.24) is 9.97 Å². The molecule has 9 heteroatoms. The highest BCUT2D eigenvalue weighted by atomic mass is 35.7. The fourth-order valence-electron chi connectivity index (χ4n) is 2.41. The number of anilines is 1. The number of carbonyl (C=O) groups excluding carboxylic acids is 1. The van der Waals surface area contributed by atoms with Gasteiger partial charge in [0.05, 0.1) is 12.0 Å². The highest BCUT2D eigenvalue weighted by molar-refractivity contribution is 8.13. The molecule has 0 radical (unpaired) electrons. The summed E-state index contributed by atoms with van der Waals surface area (Å²) in [5, 5.41) is 0. The first-order valence-electron chi connectivity index (χ1n) is 6.52. The first-order chi connectivity index (χ1) is 10.4. The summed E-state index contributed by atoms with van der Waals surface area (Å²) in [6.45, 7) is 0.229. The van der Waals surface area contributed by atoms with Gasteiger partial charge in [-0.2, -0.15) is 0 Å². The van der Waals surface area contributed by atoms with Crippen molar-refractivity contribution in [3.63, 3.8) is 0 Å². The number of furan rings is 1. The van der Waals surface area contributed by atoms with Gasteiger partial charge in [0, 0.05) is 35.8 Å². The lowest BCUT2D eigenvalue weighted by atomic mass is 10.1. The normalized spacial score (nSPS) is 18.9. The molecule has 1 fully saturated rings. The summed E-state index contributed by atoms with van der Waals surface area (Å²) in [5.41, 5.74) is 0.552. The van der Waals surface area contributed by atoms with Crippen LogP contribution < -0.4 is 4.90 Å². The zero-order chi connectivity index (χ0) is 15.7. The molecular weight excluding hydrogens is 330 g/mol. The molecule has 1 saturated heterocycles. The van der Waals surface area contributed by atoms with Crippen LogP contribution in [0.4, 0.5) is 5.95 Å². The lowest BCUT2D eigenvalue weighted by Crippen LogP contribution is -2.27. The molecule has 0 N–H and O–H groups in total. The number of aromatic nitrogens is 2. The monoisotopic (exact) mass is 341 g/mol. The van der Waals surface area contributed by atoms with Crippen LogP contribution in [0.25, 0.3) is 11.5 Å². The Labute approximate surface area is 131 Å². The summed E-state index contributed by atoms with van der Waals surface area (Å²) in [7, 11) is 1.60. The number of carbonyl (C=O) groups is 1. The average Bonchev–Trinajstić information content (AvgIpc) is 3.07. The van der Waals surface area contributed by atoms with Gasteiger partial charge >= 0.3 is 0 Å². The van der Waals surface area contributed by atoms with Crippen LogP contribution in [0.3, 0.4) is 0 Å². The standard InChI is InChI=1S/C13H12ClN3O4S/c14-22(19,20)8-9-6-12(18)17(7-9)13-15-4-3-10(16-13)11-2-1-5-21-11/h1-5,9H,6-8H2. The van der Waals surface area contributed by atoms with Crippen molar-refractivity contribution in [2.24, 2.45) is 5.92 Å². The van der Waals surface area contributed by atoms with E-state index < -0.39 is 9.05 Å². The Morgan fingerprint density at radius 1 is 1.41 bits per heavy atom. The summed E-state index contributed by atoms with van der Waals surface area (Å²) >= 11 is 0. The van der Waals surface area contributed by atoms with Crippen LogP contribution >= 0.6 is 10.7 Å². The Morgan fingerprint density at radius 3 is 2.91 bits per heavy atom. The molecule has 1 atom stereocenters. The van der Waals surface area contributed by atoms with Gasteiger partial charge in [-0.25, -0.2) is 18.4 Å². The van der Waals surface area contributed by atoms with E-state index in [2.05, 4.69) is 9.97 Å². The minimum absolute atomic E-state index is 0.111. The van der Waals surface area contributed by atoms with E-state index in [1.54, 1.807) is 18.2 Å². The number of amides is 1. The molecule has 0 saturated carbocycles. The molecule has 116 valence electrons. The fourth-order valence-corrected chi connectivity index (χ4v) is 3.73. The van der Waals surface area contributed by atoms with Gasteiger partial charge in [-0.05, 0) is 18.2 Å². The molecule has 22 heavy (non-hydrogen) atoms. The quantitative estimate of drug-likeness (QED) is 0.785. The highest BCUT2D eigenvalue weighted by Gasteiger charge is 2.34. The molecule has 3 rings (SSSR count). The van der Waals surface area contributed by atoms with Crippen molar-refractivity contribution in [2.75, 3.05) is 17.2 Å². The van der Waals surface area contributed by atoms with Gasteiger partial charge in [0.1, 0.15) is 5.69 Å². The van der Waals surface area contributed by atoms with Crippen LogP contribution in [0.2, 0.25) is 0 Å². The van der Waals surface area contributed by atoms with Crippen LogP contribution in [0.15, 0.2) is 35.1 Å². The van der Waals surface area contributed by atoms with E-state index in [1.807, 2.05) is 0 Å². The Morgan fingerprint density at radius 2 is 2.23 bits per heavy atom. The summed E-state index contributed by atoms with van der Waals surface area (Å²) in [6, 6.07) is 5.16. The first-order valence-corrected chi connectivity index (χ1v) is 9.00. The van der Waals surface area contributed by atoms with E-state index in [0.29, 0.717) is 11.5 Å². The van der Waals surface area contributed by atoms with Gasteiger partial charge in [-0.3, -0.25) is 9.69 Å². The van der Waals surface area contributed by atoms with Crippen molar-refractivity contribution >= 4 is 31.6 Å². The van der Waals surface area contributed by atoms with E-state index in [1.165, 1.54) is 17.4 Å². The predicted octanol–water partition coefficient (Wildman–Crippen LogP) is 1.66. The smallest absolute Gasteiger partial charge is 0.232 e. The molecule has 1 aliphatic rings. The second kappa shape index (κ2) is 5.69. The number of hydrogen-bond acceptors (Lipinski definition) is 6. The minimum atomic E-state index is -3.64. The molecule has 3 heterocycles. The summed E-state index contributed by atoms with van der Waals surface area (Å²) in [4.78, 5) is 21.8. The Kier molecular flexibility index (Phi) is 3.88. The van der Waals surface area contributed by atoms with E-state index in [4.69, 9.17) is 15.1 Å². The molecule has 0 aromatic carbocycles. The van der Waals surface area contributed by atoms with Crippen molar-refractivity contribution in [3.8, 4) is 11.5 Å². The third kappa shape index (κ3) is 3.28. The Bertz CT molecular complexity index is 791. The Balaban J connectivity index is 1.83. The van der Waals surface area contributed by atoms with Crippen molar-refractivity contribution < 1.29 is 17.6 Å². The predicted molar refractivity (Wildman–Crippen MR) is 79.8 cm³/mol. The van der Waals surface area contributed by atoms with Crippen molar-refractivity contribution in [1.29, 1.82) is 0 Å². The van der Waals surface area contributed by atoms with Gasteiger partial charge in [0.15, 0.2) is 5.76 Å². The summed E-state index contributed by atoms with van der Waals surface area (Å²) in [6.07, 6.45) is 3.17. The lowest BCUT2D eigenvalue weighted by molar-refractivity contribution is -0.117.